The van der Waals surface area contributed by atoms with Gasteiger partial charge < -0.3 is 15.1 Å². The Morgan fingerprint density at radius 1 is 1.06 bits per heavy atom. The van der Waals surface area contributed by atoms with Gasteiger partial charge >= 0.3 is 0 Å². The lowest BCUT2D eigenvalue weighted by Gasteiger charge is -2.41. The number of carbonyl (C=O) groups is 3. The number of hydrogen-bond donors (Lipinski definition) is 1. The molecule has 1 aliphatic heterocycles. The Kier molecular flexibility index (Phi) is 7.51. The van der Waals surface area contributed by atoms with Gasteiger partial charge in [0.1, 0.15) is 11.9 Å². The topological polar surface area (TPSA) is 69.7 Å². The van der Waals surface area contributed by atoms with Crippen LogP contribution in [0.25, 0.3) is 0 Å². The highest BCUT2D eigenvalue weighted by Gasteiger charge is 2.35. The molecule has 0 saturated carbocycles. The second-order valence-corrected chi connectivity index (χ2v) is 8.72. The molecule has 3 amide bonds. The van der Waals surface area contributed by atoms with Crippen molar-refractivity contribution < 1.29 is 18.8 Å². The molecule has 3 rings (SSSR count). The molecule has 8 heteroatoms. The molecule has 1 N–H and O–H groups in total. The molecule has 32 heavy (non-hydrogen) atoms. The molecular weight excluding hydrogens is 433 g/mol. The molecule has 1 fully saturated rings. The van der Waals surface area contributed by atoms with Crippen molar-refractivity contribution in [1.82, 2.24) is 15.1 Å². The molecule has 0 spiro atoms. The van der Waals surface area contributed by atoms with E-state index < -0.39 is 17.8 Å². The molecule has 0 aromatic heterocycles. The van der Waals surface area contributed by atoms with Gasteiger partial charge in [-0.15, -0.1) is 0 Å². The first-order valence-electron chi connectivity index (χ1n) is 10.6. The van der Waals surface area contributed by atoms with Crippen LogP contribution in [0.15, 0.2) is 48.5 Å². The van der Waals surface area contributed by atoms with E-state index in [-0.39, 0.29) is 29.3 Å². The van der Waals surface area contributed by atoms with Crippen LogP contribution in [0.5, 0.6) is 0 Å². The van der Waals surface area contributed by atoms with E-state index in [0.717, 1.165) is 0 Å². The molecule has 0 radical (unpaired) electrons. The van der Waals surface area contributed by atoms with E-state index in [1.165, 1.54) is 24.3 Å². The zero-order valence-electron chi connectivity index (χ0n) is 18.3. The van der Waals surface area contributed by atoms with Gasteiger partial charge in [0, 0.05) is 31.2 Å². The number of nitrogens with zero attached hydrogens (tertiary/aromatic N) is 2. The standard InChI is InChI=1S/C24H27ClFN3O3/c1-15(2)21(27-22(30)17-8-10-18(26)11-9-17)24(32)28-12-13-29(16(3)14-28)23(31)19-6-4-5-7-20(19)25/h4-11,15-16,21H,12-14H2,1-3H3,(H,27,30). The molecule has 0 aliphatic carbocycles. The first kappa shape index (κ1) is 23.7. The van der Waals surface area contributed by atoms with E-state index in [1.807, 2.05) is 20.8 Å². The molecular formula is C24H27ClFN3O3. The summed E-state index contributed by atoms with van der Waals surface area (Å²) in [4.78, 5) is 42.1. The molecule has 2 aromatic carbocycles. The summed E-state index contributed by atoms with van der Waals surface area (Å²) in [5.41, 5.74) is 0.723. The maximum Gasteiger partial charge on any atom is 0.255 e. The monoisotopic (exact) mass is 459 g/mol. The van der Waals surface area contributed by atoms with Crippen molar-refractivity contribution in [2.45, 2.75) is 32.9 Å². The maximum absolute atomic E-state index is 13.2. The number of piperazine rings is 1. The van der Waals surface area contributed by atoms with Gasteiger partial charge in [-0.2, -0.15) is 0 Å². The summed E-state index contributed by atoms with van der Waals surface area (Å²) < 4.78 is 13.1. The summed E-state index contributed by atoms with van der Waals surface area (Å²) in [7, 11) is 0. The lowest BCUT2D eigenvalue weighted by molar-refractivity contribution is -0.136. The van der Waals surface area contributed by atoms with Gasteiger partial charge in [-0.1, -0.05) is 37.6 Å². The van der Waals surface area contributed by atoms with Crippen LogP contribution in [0, 0.1) is 11.7 Å². The Labute approximate surface area is 192 Å². The van der Waals surface area contributed by atoms with Gasteiger partial charge in [-0.25, -0.2) is 4.39 Å². The van der Waals surface area contributed by atoms with Crippen LogP contribution in [-0.2, 0) is 4.79 Å². The molecule has 2 aromatic rings. The number of amides is 3. The first-order valence-corrected chi connectivity index (χ1v) is 11.0. The maximum atomic E-state index is 13.2. The van der Waals surface area contributed by atoms with Gasteiger partial charge in [-0.3, -0.25) is 14.4 Å². The zero-order valence-corrected chi connectivity index (χ0v) is 19.1. The Morgan fingerprint density at radius 2 is 1.72 bits per heavy atom. The van der Waals surface area contributed by atoms with Crippen molar-refractivity contribution in [3.63, 3.8) is 0 Å². The third-order valence-corrected chi connectivity index (χ3v) is 5.96. The van der Waals surface area contributed by atoms with Gasteiger partial charge in [-0.05, 0) is 49.2 Å². The van der Waals surface area contributed by atoms with Crippen LogP contribution in [0.4, 0.5) is 4.39 Å². The summed E-state index contributed by atoms with van der Waals surface area (Å²) in [6.07, 6.45) is 0. The molecule has 1 aliphatic rings. The van der Waals surface area contributed by atoms with Crippen molar-refractivity contribution >= 4 is 29.3 Å². The fourth-order valence-electron chi connectivity index (χ4n) is 3.78. The largest absolute Gasteiger partial charge is 0.340 e. The van der Waals surface area contributed by atoms with Crippen molar-refractivity contribution in [1.29, 1.82) is 0 Å². The molecule has 6 nitrogen and oxygen atoms in total. The minimum atomic E-state index is -0.731. The summed E-state index contributed by atoms with van der Waals surface area (Å²) in [5.74, 6) is -1.38. The summed E-state index contributed by atoms with van der Waals surface area (Å²) in [6, 6.07) is 11.1. The Hall–Kier alpha value is -2.93. The molecule has 170 valence electrons. The van der Waals surface area contributed by atoms with Gasteiger partial charge in [0.05, 0.1) is 10.6 Å². The van der Waals surface area contributed by atoms with Gasteiger partial charge in [0.25, 0.3) is 11.8 Å². The number of halogens is 2. The number of rotatable bonds is 5. The van der Waals surface area contributed by atoms with Gasteiger partial charge in [0.15, 0.2) is 0 Å². The lowest BCUT2D eigenvalue weighted by Crippen LogP contribution is -2.59. The number of nitrogens with one attached hydrogen (secondary N) is 1. The molecule has 1 heterocycles. The third-order valence-electron chi connectivity index (χ3n) is 5.63. The fraction of sp³-hybridized carbons (Fsp3) is 0.375. The van der Waals surface area contributed by atoms with Crippen molar-refractivity contribution in [2.75, 3.05) is 19.6 Å². The molecule has 1 saturated heterocycles. The van der Waals surface area contributed by atoms with Crippen LogP contribution in [-0.4, -0.2) is 59.2 Å². The summed E-state index contributed by atoms with van der Waals surface area (Å²) in [6.45, 7) is 6.67. The van der Waals surface area contributed by atoms with Crippen LogP contribution in [0.1, 0.15) is 41.5 Å². The predicted octanol–water partition coefficient (Wildman–Crippen LogP) is 3.61. The van der Waals surface area contributed by atoms with Crippen LogP contribution in [0.3, 0.4) is 0 Å². The summed E-state index contributed by atoms with van der Waals surface area (Å²) >= 11 is 6.18. The van der Waals surface area contributed by atoms with E-state index in [0.29, 0.717) is 30.2 Å². The minimum absolute atomic E-state index is 0.148. The van der Waals surface area contributed by atoms with E-state index in [4.69, 9.17) is 11.6 Å². The number of benzene rings is 2. The second-order valence-electron chi connectivity index (χ2n) is 8.31. The highest BCUT2D eigenvalue weighted by molar-refractivity contribution is 6.33. The fourth-order valence-corrected chi connectivity index (χ4v) is 4.00. The van der Waals surface area contributed by atoms with Crippen molar-refractivity contribution in [3.8, 4) is 0 Å². The molecule has 2 atom stereocenters. The SMILES string of the molecule is CC(C)C(NC(=O)c1ccc(F)cc1)C(=O)N1CCN(C(=O)c2ccccc2Cl)C(C)C1. The average Bonchev–Trinajstić information content (AvgIpc) is 2.77. The van der Waals surface area contributed by atoms with E-state index in [1.54, 1.807) is 34.1 Å². The Balaban J connectivity index is 1.67. The minimum Gasteiger partial charge on any atom is -0.340 e. The second kappa shape index (κ2) is 10.1. The zero-order chi connectivity index (χ0) is 23.4. The Morgan fingerprint density at radius 3 is 2.31 bits per heavy atom. The number of carbonyl (C=O) groups excluding carboxylic acids is 3. The van der Waals surface area contributed by atoms with Crippen molar-refractivity contribution in [3.05, 3.63) is 70.5 Å². The quantitative estimate of drug-likeness (QED) is 0.742. The summed E-state index contributed by atoms with van der Waals surface area (Å²) in [5, 5.41) is 3.18. The van der Waals surface area contributed by atoms with E-state index in [2.05, 4.69) is 5.32 Å². The van der Waals surface area contributed by atoms with E-state index in [9.17, 15) is 18.8 Å². The van der Waals surface area contributed by atoms with Crippen molar-refractivity contribution in [2.24, 2.45) is 5.92 Å². The van der Waals surface area contributed by atoms with Gasteiger partial charge in [0.2, 0.25) is 5.91 Å². The van der Waals surface area contributed by atoms with Crippen LogP contribution >= 0.6 is 11.6 Å². The highest BCUT2D eigenvalue weighted by Crippen LogP contribution is 2.21. The molecule has 0 bridgehead atoms. The van der Waals surface area contributed by atoms with E-state index >= 15 is 0 Å². The normalized spacial score (nSPS) is 17.2. The number of hydrogen-bond acceptors (Lipinski definition) is 3. The highest BCUT2D eigenvalue weighted by atomic mass is 35.5. The lowest BCUT2D eigenvalue weighted by atomic mass is 10.0. The predicted molar refractivity (Wildman–Crippen MR) is 121 cm³/mol. The average molecular weight is 460 g/mol. The smallest absolute Gasteiger partial charge is 0.255 e. The molecule has 2 unspecified atom stereocenters. The van der Waals surface area contributed by atoms with Crippen LogP contribution < -0.4 is 5.32 Å². The third kappa shape index (κ3) is 5.27. The van der Waals surface area contributed by atoms with Crippen LogP contribution in [0.2, 0.25) is 5.02 Å². The first-order chi connectivity index (χ1) is 15.2. The Bertz CT molecular complexity index is 996.